The SMILES string of the molecule is CCOC1(C)OC(=O)C(c2ccc(F)cc2)=C1c1ccc(S(C)(=O)=O)cc1. The maximum Gasteiger partial charge on any atom is 0.342 e. The number of ether oxygens (including phenoxy) is 2. The summed E-state index contributed by atoms with van der Waals surface area (Å²) in [5, 5.41) is 0. The second-order valence-electron chi connectivity index (χ2n) is 6.32. The van der Waals surface area contributed by atoms with Crippen LogP contribution in [0.3, 0.4) is 0 Å². The van der Waals surface area contributed by atoms with Gasteiger partial charge in [-0.3, -0.25) is 0 Å². The number of carbonyl (C=O) groups excluding carboxylic acids is 1. The lowest BCUT2D eigenvalue weighted by molar-refractivity contribution is -0.184. The number of sulfone groups is 1. The van der Waals surface area contributed by atoms with Crippen molar-refractivity contribution in [1.29, 1.82) is 0 Å². The van der Waals surface area contributed by atoms with Crippen LogP contribution in [0.1, 0.15) is 25.0 Å². The van der Waals surface area contributed by atoms with Crippen molar-refractivity contribution >= 4 is 27.0 Å². The van der Waals surface area contributed by atoms with Gasteiger partial charge in [-0.05, 0) is 42.3 Å². The van der Waals surface area contributed by atoms with E-state index in [4.69, 9.17) is 9.47 Å². The minimum Gasteiger partial charge on any atom is -0.425 e. The topological polar surface area (TPSA) is 69.7 Å². The van der Waals surface area contributed by atoms with Crippen molar-refractivity contribution in [2.24, 2.45) is 0 Å². The maximum atomic E-state index is 13.3. The summed E-state index contributed by atoms with van der Waals surface area (Å²) in [6.45, 7) is 3.70. The zero-order valence-corrected chi connectivity index (χ0v) is 16.0. The highest BCUT2D eigenvalue weighted by atomic mass is 32.2. The van der Waals surface area contributed by atoms with E-state index in [1.807, 2.05) is 0 Å². The van der Waals surface area contributed by atoms with E-state index in [-0.39, 0.29) is 10.5 Å². The van der Waals surface area contributed by atoms with Crippen molar-refractivity contribution in [3.8, 4) is 0 Å². The first-order valence-corrected chi connectivity index (χ1v) is 10.2. The van der Waals surface area contributed by atoms with Crippen LogP contribution >= 0.6 is 0 Å². The van der Waals surface area contributed by atoms with E-state index in [1.54, 1.807) is 26.0 Å². The molecule has 3 rings (SSSR count). The number of hydrogen-bond donors (Lipinski definition) is 0. The molecule has 0 spiro atoms. The van der Waals surface area contributed by atoms with E-state index in [9.17, 15) is 17.6 Å². The van der Waals surface area contributed by atoms with Crippen LogP contribution in [0.15, 0.2) is 53.4 Å². The number of rotatable bonds is 5. The Hall–Kier alpha value is -2.51. The second-order valence-corrected chi connectivity index (χ2v) is 8.34. The van der Waals surface area contributed by atoms with Gasteiger partial charge in [0.05, 0.1) is 10.5 Å². The van der Waals surface area contributed by atoms with Crippen molar-refractivity contribution in [1.82, 2.24) is 0 Å². The lowest BCUT2D eigenvalue weighted by Crippen LogP contribution is -2.31. The molecule has 1 aliphatic heterocycles. The summed E-state index contributed by atoms with van der Waals surface area (Å²) in [6, 6.07) is 11.7. The first kappa shape index (κ1) is 19.3. The van der Waals surface area contributed by atoms with Gasteiger partial charge in [-0.1, -0.05) is 24.3 Å². The first-order chi connectivity index (χ1) is 12.7. The molecule has 0 saturated carbocycles. The van der Waals surface area contributed by atoms with Crippen LogP contribution in [0, 0.1) is 5.82 Å². The molecule has 0 radical (unpaired) electrons. The van der Waals surface area contributed by atoms with Crippen molar-refractivity contribution in [2.75, 3.05) is 12.9 Å². The second kappa shape index (κ2) is 6.90. The fourth-order valence-corrected chi connectivity index (χ4v) is 3.77. The third-order valence-electron chi connectivity index (χ3n) is 4.32. The van der Waals surface area contributed by atoms with E-state index in [0.29, 0.717) is 23.3 Å². The van der Waals surface area contributed by atoms with Gasteiger partial charge < -0.3 is 9.47 Å². The Balaban J connectivity index is 2.22. The van der Waals surface area contributed by atoms with E-state index < -0.39 is 27.4 Å². The van der Waals surface area contributed by atoms with Crippen LogP contribution in [0.2, 0.25) is 0 Å². The molecule has 0 amide bonds. The van der Waals surface area contributed by atoms with E-state index in [1.165, 1.54) is 36.4 Å². The standard InChI is InChI=1S/C20H19FO5S/c1-4-25-20(2)18(14-7-11-16(12-8-14)27(3,23)24)17(19(22)26-20)13-5-9-15(21)10-6-13/h5-12H,4H2,1-3H3. The minimum absolute atomic E-state index is 0.165. The molecule has 0 N–H and O–H groups in total. The Morgan fingerprint density at radius 3 is 2.11 bits per heavy atom. The molecule has 5 nitrogen and oxygen atoms in total. The lowest BCUT2D eigenvalue weighted by Gasteiger charge is -2.26. The van der Waals surface area contributed by atoms with Gasteiger partial charge in [-0.25, -0.2) is 17.6 Å². The molecule has 2 aromatic carbocycles. The molecular formula is C20H19FO5S. The number of carbonyl (C=O) groups is 1. The highest BCUT2D eigenvalue weighted by molar-refractivity contribution is 7.90. The summed E-state index contributed by atoms with van der Waals surface area (Å²) < 4.78 is 47.9. The zero-order chi connectivity index (χ0) is 19.8. The molecule has 0 aromatic heterocycles. The third kappa shape index (κ3) is 3.65. The molecule has 1 unspecified atom stereocenters. The minimum atomic E-state index is -3.35. The van der Waals surface area contributed by atoms with Gasteiger partial charge in [-0.15, -0.1) is 0 Å². The van der Waals surface area contributed by atoms with Crippen molar-refractivity contribution in [2.45, 2.75) is 24.5 Å². The van der Waals surface area contributed by atoms with E-state index in [2.05, 4.69) is 0 Å². The molecule has 1 aliphatic rings. The molecule has 2 aromatic rings. The average molecular weight is 390 g/mol. The number of hydrogen-bond acceptors (Lipinski definition) is 5. The summed E-state index contributed by atoms with van der Waals surface area (Å²) in [5.74, 6) is -2.33. The van der Waals surface area contributed by atoms with Crippen LogP contribution in [-0.4, -0.2) is 33.0 Å². The van der Waals surface area contributed by atoms with E-state index >= 15 is 0 Å². The Kier molecular flexibility index (Phi) is 4.92. The van der Waals surface area contributed by atoms with E-state index in [0.717, 1.165) is 6.26 Å². The monoisotopic (exact) mass is 390 g/mol. The highest BCUT2D eigenvalue weighted by Gasteiger charge is 2.46. The summed E-state index contributed by atoms with van der Waals surface area (Å²) in [5.41, 5.74) is 1.81. The summed E-state index contributed by atoms with van der Waals surface area (Å²) >= 11 is 0. The predicted molar refractivity (Wildman–Crippen MR) is 98.9 cm³/mol. The quantitative estimate of drug-likeness (QED) is 0.732. The van der Waals surface area contributed by atoms with Crippen molar-refractivity contribution < 1.29 is 27.1 Å². The Morgan fingerprint density at radius 2 is 1.59 bits per heavy atom. The van der Waals surface area contributed by atoms with Crippen LogP contribution < -0.4 is 0 Å². The summed E-state index contributed by atoms with van der Waals surface area (Å²) in [4.78, 5) is 12.8. The molecule has 7 heteroatoms. The number of halogens is 1. The molecule has 0 aliphatic carbocycles. The number of cyclic esters (lactones) is 1. The van der Waals surface area contributed by atoms with Crippen LogP contribution in [0.25, 0.3) is 11.1 Å². The fraction of sp³-hybridized carbons (Fsp3) is 0.250. The molecule has 0 saturated heterocycles. The number of esters is 1. The first-order valence-electron chi connectivity index (χ1n) is 8.34. The van der Waals surface area contributed by atoms with Gasteiger partial charge in [0.15, 0.2) is 9.84 Å². The zero-order valence-electron chi connectivity index (χ0n) is 15.2. The Bertz CT molecular complexity index is 1010. The highest BCUT2D eigenvalue weighted by Crippen LogP contribution is 2.44. The third-order valence-corrected chi connectivity index (χ3v) is 5.45. The average Bonchev–Trinajstić information content (AvgIpc) is 2.85. The molecule has 142 valence electrons. The Labute approximate surface area is 157 Å². The molecule has 1 heterocycles. The van der Waals surface area contributed by atoms with Crippen LogP contribution in [-0.2, 0) is 24.1 Å². The smallest absolute Gasteiger partial charge is 0.342 e. The van der Waals surface area contributed by atoms with Gasteiger partial charge in [0.2, 0.25) is 5.79 Å². The summed E-state index contributed by atoms with van der Waals surface area (Å²) in [7, 11) is -3.35. The van der Waals surface area contributed by atoms with Gasteiger partial charge in [-0.2, -0.15) is 0 Å². The van der Waals surface area contributed by atoms with Crippen molar-refractivity contribution in [3.05, 3.63) is 65.5 Å². The van der Waals surface area contributed by atoms with Crippen LogP contribution in [0.5, 0.6) is 0 Å². The molecule has 0 fully saturated rings. The van der Waals surface area contributed by atoms with Crippen molar-refractivity contribution in [3.63, 3.8) is 0 Å². The largest absolute Gasteiger partial charge is 0.425 e. The molecular weight excluding hydrogens is 371 g/mol. The molecule has 0 bridgehead atoms. The fourth-order valence-electron chi connectivity index (χ4n) is 3.14. The number of benzene rings is 2. The molecule has 1 atom stereocenters. The normalized spacial score (nSPS) is 20.1. The Morgan fingerprint density at radius 1 is 1.04 bits per heavy atom. The van der Waals surface area contributed by atoms with Gasteiger partial charge in [0.25, 0.3) is 0 Å². The maximum absolute atomic E-state index is 13.3. The van der Waals surface area contributed by atoms with Crippen LogP contribution in [0.4, 0.5) is 4.39 Å². The summed E-state index contributed by atoms with van der Waals surface area (Å²) in [6.07, 6.45) is 1.12. The van der Waals surface area contributed by atoms with Gasteiger partial charge >= 0.3 is 5.97 Å². The predicted octanol–water partition coefficient (Wildman–Crippen LogP) is 3.45. The molecule has 27 heavy (non-hydrogen) atoms. The van der Waals surface area contributed by atoms with Gasteiger partial charge in [0, 0.05) is 25.4 Å². The lowest BCUT2D eigenvalue weighted by atomic mass is 9.91. The van der Waals surface area contributed by atoms with Gasteiger partial charge in [0.1, 0.15) is 5.82 Å².